The van der Waals surface area contributed by atoms with Crippen molar-refractivity contribution in [1.82, 2.24) is 0 Å². The van der Waals surface area contributed by atoms with Gasteiger partial charge in [0.2, 0.25) is 0 Å². The third-order valence-corrected chi connectivity index (χ3v) is 5.53. The van der Waals surface area contributed by atoms with Crippen LogP contribution in [-0.4, -0.2) is 29.4 Å². The van der Waals surface area contributed by atoms with Gasteiger partial charge in [0.05, 0.1) is 0 Å². The van der Waals surface area contributed by atoms with Crippen LogP contribution in [0.15, 0.2) is 60.7 Å². The molecule has 1 aliphatic rings. The summed E-state index contributed by atoms with van der Waals surface area (Å²) < 4.78 is 17.8. The van der Waals surface area contributed by atoms with Gasteiger partial charge < -0.3 is 29.4 Å². The minimum atomic E-state index is -4.64. The molecule has 10 heteroatoms. The molecular formula is C26H34O8P2. The van der Waals surface area contributed by atoms with E-state index in [4.69, 9.17) is 38.5 Å². The highest BCUT2D eigenvalue weighted by Gasteiger charge is 2.28. The van der Waals surface area contributed by atoms with Crippen molar-refractivity contribution in [3.8, 4) is 33.4 Å². The third kappa shape index (κ3) is 8.48. The van der Waals surface area contributed by atoms with Gasteiger partial charge in [-0.1, -0.05) is 102 Å². The Hall–Kier alpha value is -2.12. The van der Waals surface area contributed by atoms with Gasteiger partial charge in [-0.15, -0.1) is 0 Å². The van der Waals surface area contributed by atoms with E-state index in [-0.39, 0.29) is 10.8 Å². The predicted octanol–water partition coefficient (Wildman–Crippen LogP) is 5.74. The van der Waals surface area contributed by atoms with Gasteiger partial charge in [-0.05, 0) is 55.3 Å². The fraction of sp³-hybridized carbons (Fsp3) is 0.308. The van der Waals surface area contributed by atoms with Gasteiger partial charge in [0.15, 0.2) is 0 Å². The molecule has 6 N–H and O–H groups in total. The number of hydrogen-bond donors (Lipinski definition) is 6. The van der Waals surface area contributed by atoms with Gasteiger partial charge in [-0.3, -0.25) is 0 Å². The Morgan fingerprint density at radius 2 is 0.944 bits per heavy atom. The van der Waals surface area contributed by atoms with Crippen molar-refractivity contribution < 1.29 is 38.5 Å². The zero-order valence-corrected chi connectivity index (χ0v) is 23.0. The second-order valence-corrected chi connectivity index (χ2v) is 12.6. The predicted molar refractivity (Wildman–Crippen MR) is 142 cm³/mol. The highest BCUT2D eigenvalue weighted by Crippen LogP contribution is 2.52. The van der Waals surface area contributed by atoms with Crippen LogP contribution in [0.3, 0.4) is 0 Å². The number of rotatable bonds is 1. The van der Waals surface area contributed by atoms with Crippen LogP contribution in [0.25, 0.3) is 33.4 Å². The zero-order chi connectivity index (χ0) is 27.7. The van der Waals surface area contributed by atoms with Crippen molar-refractivity contribution in [2.75, 3.05) is 0 Å². The Morgan fingerprint density at radius 3 is 1.39 bits per heavy atom. The number of fused-ring (bicyclic) bond motifs is 4. The van der Waals surface area contributed by atoms with E-state index in [1.807, 2.05) is 0 Å². The maximum absolute atomic E-state index is 8.88. The van der Waals surface area contributed by atoms with Gasteiger partial charge in [-0.2, -0.15) is 0 Å². The van der Waals surface area contributed by atoms with Crippen molar-refractivity contribution in [2.24, 2.45) is 0 Å². The molecule has 4 rings (SSSR count). The first kappa shape index (κ1) is 30.1. The summed E-state index contributed by atoms with van der Waals surface area (Å²) in [6.07, 6.45) is 0. The summed E-state index contributed by atoms with van der Waals surface area (Å²) in [5, 5.41) is 0. The number of benzene rings is 3. The Morgan fingerprint density at radius 1 is 0.528 bits per heavy atom. The molecule has 0 atom stereocenters. The van der Waals surface area contributed by atoms with E-state index in [0.717, 1.165) is 0 Å². The third-order valence-electron chi connectivity index (χ3n) is 5.53. The van der Waals surface area contributed by atoms with E-state index >= 15 is 0 Å². The van der Waals surface area contributed by atoms with Gasteiger partial charge in [0.25, 0.3) is 0 Å². The lowest BCUT2D eigenvalue weighted by Gasteiger charge is -2.31. The normalized spacial score (nSPS) is 12.7. The van der Waals surface area contributed by atoms with Crippen LogP contribution in [0.4, 0.5) is 0 Å². The first-order chi connectivity index (χ1) is 16.2. The van der Waals surface area contributed by atoms with Crippen LogP contribution in [-0.2, 0) is 20.0 Å². The van der Waals surface area contributed by atoms with Gasteiger partial charge in [-0.25, -0.2) is 9.13 Å². The molecule has 0 amide bonds. The van der Waals surface area contributed by atoms with Crippen LogP contribution in [0, 0.1) is 0 Å². The average molecular weight is 536 g/mol. The molecule has 0 aromatic heterocycles. The summed E-state index contributed by atoms with van der Waals surface area (Å²) in [5.41, 5.74) is 11.4. The monoisotopic (exact) mass is 536 g/mol. The van der Waals surface area contributed by atoms with Gasteiger partial charge in [0.1, 0.15) is 0 Å². The topological polar surface area (TPSA) is 156 Å². The molecule has 196 valence electrons. The lowest BCUT2D eigenvalue weighted by atomic mass is 9.72. The SMILES string of the molecule is CC(C)(C)c1ccc(-c2cccc3c2-c2ccccc2-3)c(C(C)(C)C)c1.O=P(O)(O)O.O=P(O)(O)O. The van der Waals surface area contributed by atoms with Crippen LogP contribution in [0.1, 0.15) is 52.7 Å². The van der Waals surface area contributed by atoms with Crippen LogP contribution in [0.2, 0.25) is 0 Å². The van der Waals surface area contributed by atoms with E-state index in [1.165, 1.54) is 44.5 Å². The first-order valence-corrected chi connectivity index (χ1v) is 14.3. The Bertz CT molecular complexity index is 1290. The summed E-state index contributed by atoms with van der Waals surface area (Å²) in [7, 11) is -9.28. The minimum absolute atomic E-state index is 0.0998. The standard InChI is InChI=1S/C26H28.2H3O4P/c1-25(2,3)17-14-15-19(23(16-17)26(4,5)6)22-13-9-12-21-18-10-7-8-11-20(18)24(21)22;2*1-5(2,3)4/h7-16H,1-6H3;2*(H3,1,2,3,4). The molecule has 0 radical (unpaired) electrons. The molecule has 0 saturated carbocycles. The smallest absolute Gasteiger partial charge is 0.303 e. The van der Waals surface area contributed by atoms with E-state index in [2.05, 4.69) is 102 Å². The molecule has 0 unspecified atom stereocenters. The van der Waals surface area contributed by atoms with Crippen LogP contribution in [0.5, 0.6) is 0 Å². The summed E-state index contributed by atoms with van der Waals surface area (Å²) in [6.45, 7) is 13.8. The fourth-order valence-corrected chi connectivity index (χ4v) is 4.03. The Balaban J connectivity index is 0.000000389. The Labute approximate surface area is 211 Å². The van der Waals surface area contributed by atoms with Crippen molar-refractivity contribution in [2.45, 2.75) is 52.4 Å². The molecule has 36 heavy (non-hydrogen) atoms. The second kappa shape index (κ2) is 10.7. The fourth-order valence-electron chi connectivity index (χ4n) is 4.03. The quantitative estimate of drug-likeness (QED) is 0.168. The summed E-state index contributed by atoms with van der Waals surface area (Å²) >= 11 is 0. The Kier molecular flexibility index (Phi) is 8.95. The molecule has 0 bridgehead atoms. The lowest BCUT2D eigenvalue weighted by molar-refractivity contribution is 0.272. The molecule has 3 aromatic carbocycles. The molecule has 1 aliphatic carbocycles. The van der Waals surface area contributed by atoms with E-state index in [9.17, 15) is 0 Å². The van der Waals surface area contributed by atoms with Crippen molar-refractivity contribution in [3.63, 3.8) is 0 Å². The molecular weight excluding hydrogens is 502 g/mol. The highest BCUT2D eigenvalue weighted by molar-refractivity contribution is 7.45. The summed E-state index contributed by atoms with van der Waals surface area (Å²) in [5.74, 6) is 0. The molecule has 3 aromatic rings. The average Bonchev–Trinajstić information content (AvgIpc) is 2.67. The summed E-state index contributed by atoms with van der Waals surface area (Å²) in [4.78, 5) is 43.1. The maximum atomic E-state index is 8.88. The minimum Gasteiger partial charge on any atom is -0.303 e. The molecule has 8 nitrogen and oxygen atoms in total. The first-order valence-electron chi connectivity index (χ1n) is 11.1. The summed E-state index contributed by atoms with van der Waals surface area (Å²) in [6, 6.07) is 22.6. The van der Waals surface area contributed by atoms with E-state index in [0.29, 0.717) is 0 Å². The largest absolute Gasteiger partial charge is 0.466 e. The number of phosphoric acid groups is 2. The molecule has 0 heterocycles. The van der Waals surface area contributed by atoms with Crippen molar-refractivity contribution >= 4 is 15.6 Å². The van der Waals surface area contributed by atoms with Crippen molar-refractivity contribution in [1.29, 1.82) is 0 Å². The van der Waals surface area contributed by atoms with E-state index in [1.54, 1.807) is 0 Å². The molecule has 0 aliphatic heterocycles. The molecule has 0 fully saturated rings. The zero-order valence-electron chi connectivity index (χ0n) is 21.2. The van der Waals surface area contributed by atoms with Crippen LogP contribution < -0.4 is 0 Å². The second-order valence-electron chi connectivity index (χ2n) is 10.6. The van der Waals surface area contributed by atoms with Crippen molar-refractivity contribution in [3.05, 3.63) is 71.8 Å². The molecule has 0 saturated heterocycles. The van der Waals surface area contributed by atoms with E-state index < -0.39 is 15.6 Å². The van der Waals surface area contributed by atoms with Gasteiger partial charge in [0, 0.05) is 0 Å². The highest BCUT2D eigenvalue weighted by atomic mass is 31.2. The number of hydrogen-bond acceptors (Lipinski definition) is 2. The van der Waals surface area contributed by atoms with Crippen LogP contribution >= 0.6 is 15.6 Å². The lowest BCUT2D eigenvalue weighted by Crippen LogP contribution is -2.17. The maximum Gasteiger partial charge on any atom is 0.466 e. The van der Waals surface area contributed by atoms with Gasteiger partial charge >= 0.3 is 15.6 Å². The molecule has 0 spiro atoms.